The topological polar surface area (TPSA) is 82.3 Å². The van der Waals surface area contributed by atoms with Gasteiger partial charge in [-0.15, -0.1) is 0 Å². The van der Waals surface area contributed by atoms with E-state index in [1.54, 1.807) is 0 Å². The fraction of sp³-hybridized carbons (Fsp3) is 0.846. The van der Waals surface area contributed by atoms with Gasteiger partial charge in [0.25, 0.3) is 0 Å². The number of carbonyl (C=O) groups excluding carboxylic acids is 2. The Bertz CT molecular complexity index is 312. The largest absolute Gasteiger partial charge is 0.338 e. The number of rotatable bonds is 6. The third kappa shape index (κ3) is 6.54. The average molecular weight is 270 g/mol. The Balaban J connectivity index is 2.14. The highest BCUT2D eigenvalue weighted by molar-refractivity contribution is 5.95. The molecule has 6 nitrogen and oxygen atoms in total. The maximum absolute atomic E-state index is 11.6. The van der Waals surface area contributed by atoms with Crippen LogP contribution in [0, 0.1) is 5.92 Å². The normalized spacial score (nSPS) is 22.5. The maximum atomic E-state index is 11.6. The van der Waals surface area contributed by atoms with Gasteiger partial charge in [0.15, 0.2) is 0 Å². The van der Waals surface area contributed by atoms with E-state index in [4.69, 9.17) is 0 Å². The van der Waals surface area contributed by atoms with Crippen LogP contribution in [-0.2, 0) is 4.79 Å². The van der Waals surface area contributed by atoms with Crippen LogP contribution >= 0.6 is 0 Å². The Kier molecular flexibility index (Phi) is 6.24. The number of urea groups is 1. The van der Waals surface area contributed by atoms with Gasteiger partial charge in [-0.2, -0.15) is 0 Å². The second kappa shape index (κ2) is 7.45. The summed E-state index contributed by atoms with van der Waals surface area (Å²) in [4.78, 5) is 23.0. The number of hydrogen-bond acceptors (Lipinski definition) is 4. The molecule has 1 unspecified atom stereocenters. The van der Waals surface area contributed by atoms with Crippen molar-refractivity contribution in [2.24, 2.45) is 5.92 Å². The van der Waals surface area contributed by atoms with Gasteiger partial charge in [0.05, 0.1) is 6.54 Å². The lowest BCUT2D eigenvalue weighted by Gasteiger charge is -2.23. The highest BCUT2D eigenvalue weighted by Gasteiger charge is 2.28. The second-order valence-corrected chi connectivity index (χ2v) is 5.83. The van der Waals surface area contributed by atoms with Crippen LogP contribution in [0.5, 0.6) is 0 Å². The molecule has 6 heteroatoms. The highest BCUT2D eigenvalue weighted by Crippen LogP contribution is 2.12. The summed E-state index contributed by atoms with van der Waals surface area (Å²) < 4.78 is 0. The van der Waals surface area contributed by atoms with Crippen molar-refractivity contribution in [1.82, 2.24) is 21.3 Å². The van der Waals surface area contributed by atoms with Crippen molar-refractivity contribution in [3.05, 3.63) is 0 Å². The molecule has 3 amide bonds. The summed E-state index contributed by atoms with van der Waals surface area (Å²) in [6.07, 6.45) is 1.89. The lowest BCUT2D eigenvalue weighted by molar-refractivity contribution is -0.119. The molecule has 1 atom stereocenters. The van der Waals surface area contributed by atoms with Crippen molar-refractivity contribution in [1.29, 1.82) is 0 Å². The van der Waals surface area contributed by atoms with Gasteiger partial charge in [0.1, 0.15) is 0 Å². The molecule has 110 valence electrons. The number of amides is 3. The van der Waals surface area contributed by atoms with E-state index >= 15 is 0 Å². The minimum Gasteiger partial charge on any atom is -0.338 e. The first kappa shape index (κ1) is 15.9. The Morgan fingerprint density at radius 2 is 2.11 bits per heavy atom. The second-order valence-electron chi connectivity index (χ2n) is 5.83. The van der Waals surface area contributed by atoms with Crippen molar-refractivity contribution in [2.45, 2.75) is 39.2 Å². The van der Waals surface area contributed by atoms with Crippen molar-refractivity contribution in [3.8, 4) is 0 Å². The SMILES string of the molecule is CC(C)CCNC(=O)NC(=O)CNC1(C)CCNC1. The zero-order valence-corrected chi connectivity index (χ0v) is 12.1. The van der Waals surface area contributed by atoms with Crippen LogP contribution in [0.1, 0.15) is 33.6 Å². The van der Waals surface area contributed by atoms with Gasteiger partial charge >= 0.3 is 6.03 Å². The molecule has 0 aliphatic carbocycles. The Morgan fingerprint density at radius 1 is 1.37 bits per heavy atom. The van der Waals surface area contributed by atoms with Crippen LogP contribution in [0.15, 0.2) is 0 Å². The summed E-state index contributed by atoms with van der Waals surface area (Å²) in [5.41, 5.74) is -0.0501. The number of imide groups is 1. The Hall–Kier alpha value is -1.14. The van der Waals surface area contributed by atoms with Gasteiger partial charge < -0.3 is 16.0 Å². The summed E-state index contributed by atoms with van der Waals surface area (Å²) in [6, 6.07) is -0.415. The van der Waals surface area contributed by atoms with Crippen LogP contribution in [-0.4, -0.2) is 43.7 Å². The molecule has 4 N–H and O–H groups in total. The minimum absolute atomic E-state index is 0.0501. The van der Waals surface area contributed by atoms with Crippen molar-refractivity contribution >= 4 is 11.9 Å². The molecule has 1 fully saturated rings. The lowest BCUT2D eigenvalue weighted by Crippen LogP contribution is -2.50. The summed E-state index contributed by atoms with van der Waals surface area (Å²) in [5.74, 6) is 0.239. The van der Waals surface area contributed by atoms with Crippen molar-refractivity contribution in [3.63, 3.8) is 0 Å². The molecule has 1 aliphatic heterocycles. The fourth-order valence-electron chi connectivity index (χ4n) is 1.95. The highest BCUT2D eigenvalue weighted by atomic mass is 16.2. The van der Waals surface area contributed by atoms with Gasteiger partial charge in [-0.3, -0.25) is 10.1 Å². The number of nitrogens with one attached hydrogen (secondary N) is 4. The first-order valence-corrected chi connectivity index (χ1v) is 6.95. The van der Waals surface area contributed by atoms with E-state index in [0.717, 1.165) is 25.9 Å². The van der Waals surface area contributed by atoms with E-state index in [9.17, 15) is 9.59 Å². The molecule has 1 aliphatic rings. The quantitative estimate of drug-likeness (QED) is 0.556. The number of hydrogen-bond donors (Lipinski definition) is 4. The minimum atomic E-state index is -0.415. The predicted molar refractivity (Wildman–Crippen MR) is 74.9 cm³/mol. The average Bonchev–Trinajstić information content (AvgIpc) is 2.74. The number of carbonyl (C=O) groups is 2. The van der Waals surface area contributed by atoms with Gasteiger partial charge in [-0.1, -0.05) is 13.8 Å². The summed E-state index contributed by atoms with van der Waals surface area (Å²) in [7, 11) is 0. The monoisotopic (exact) mass is 270 g/mol. The standard InChI is InChI=1S/C13H26N4O2/c1-10(2)4-6-15-12(19)17-11(18)8-16-13(3)5-7-14-9-13/h10,14,16H,4-9H2,1-3H3,(H2,15,17,18,19). The summed E-state index contributed by atoms with van der Waals surface area (Å²) >= 11 is 0. The molecule has 1 saturated heterocycles. The zero-order valence-electron chi connectivity index (χ0n) is 12.1. The summed E-state index contributed by atoms with van der Waals surface area (Å²) in [6.45, 7) is 8.81. The molecule has 1 heterocycles. The molecule has 0 saturated carbocycles. The first-order chi connectivity index (χ1) is 8.91. The molecule has 0 aromatic heterocycles. The van der Waals surface area contributed by atoms with Crippen LogP contribution in [0.4, 0.5) is 4.79 Å². The van der Waals surface area contributed by atoms with Crippen molar-refractivity contribution < 1.29 is 9.59 Å². The lowest BCUT2D eigenvalue weighted by atomic mass is 10.0. The Labute approximate surface area is 115 Å². The van der Waals surface area contributed by atoms with Gasteiger partial charge in [0, 0.05) is 18.6 Å². The van der Waals surface area contributed by atoms with Crippen LogP contribution < -0.4 is 21.3 Å². The predicted octanol–water partition coefficient (Wildman–Crippen LogP) is 0.200. The molecule has 0 bridgehead atoms. The molecule has 0 aromatic rings. The summed E-state index contributed by atoms with van der Waals surface area (Å²) in [5, 5.41) is 11.4. The van der Waals surface area contributed by atoms with Gasteiger partial charge in [0.2, 0.25) is 5.91 Å². The van der Waals surface area contributed by atoms with E-state index in [-0.39, 0.29) is 18.0 Å². The fourth-order valence-corrected chi connectivity index (χ4v) is 1.95. The van der Waals surface area contributed by atoms with E-state index in [0.29, 0.717) is 12.5 Å². The van der Waals surface area contributed by atoms with Gasteiger partial charge in [-0.05, 0) is 32.2 Å². The smallest absolute Gasteiger partial charge is 0.321 e. The molecule has 19 heavy (non-hydrogen) atoms. The third-order valence-corrected chi connectivity index (χ3v) is 3.30. The van der Waals surface area contributed by atoms with E-state index < -0.39 is 6.03 Å². The Morgan fingerprint density at radius 3 is 2.68 bits per heavy atom. The molecule has 1 rings (SSSR count). The van der Waals surface area contributed by atoms with Crippen LogP contribution in [0.3, 0.4) is 0 Å². The first-order valence-electron chi connectivity index (χ1n) is 6.95. The van der Waals surface area contributed by atoms with Crippen molar-refractivity contribution in [2.75, 3.05) is 26.2 Å². The van der Waals surface area contributed by atoms with E-state index in [2.05, 4.69) is 42.0 Å². The van der Waals surface area contributed by atoms with Crippen LogP contribution in [0.25, 0.3) is 0 Å². The molecular formula is C13H26N4O2. The molecular weight excluding hydrogens is 244 g/mol. The maximum Gasteiger partial charge on any atom is 0.321 e. The van der Waals surface area contributed by atoms with Gasteiger partial charge in [-0.25, -0.2) is 4.79 Å². The van der Waals surface area contributed by atoms with Crippen LogP contribution in [0.2, 0.25) is 0 Å². The van der Waals surface area contributed by atoms with E-state index in [1.165, 1.54) is 0 Å². The zero-order chi connectivity index (χ0) is 14.3. The molecule has 0 radical (unpaired) electrons. The third-order valence-electron chi connectivity index (χ3n) is 3.30. The van der Waals surface area contributed by atoms with E-state index in [1.807, 2.05) is 0 Å². The molecule has 0 aromatic carbocycles. The molecule has 0 spiro atoms.